The minimum absolute atomic E-state index is 0.0555. The number of benzene rings is 3. The minimum Gasteiger partial charge on any atom is -0.496 e. The number of thiazole rings is 1. The lowest BCUT2D eigenvalue weighted by Crippen LogP contribution is -2.40. The van der Waals surface area contributed by atoms with Gasteiger partial charge in [-0.3, -0.25) is 9.36 Å². The first-order valence-electron chi connectivity index (χ1n) is 12.4. The van der Waals surface area contributed by atoms with Crippen LogP contribution in [0.25, 0.3) is 16.8 Å². The Morgan fingerprint density at radius 2 is 1.85 bits per heavy atom. The van der Waals surface area contributed by atoms with E-state index in [1.165, 1.54) is 30.1 Å². The van der Waals surface area contributed by atoms with Gasteiger partial charge >= 0.3 is 5.97 Å². The monoisotopic (exact) mass is 562 g/mol. The van der Waals surface area contributed by atoms with Crippen molar-refractivity contribution in [1.82, 2.24) is 4.57 Å². The van der Waals surface area contributed by atoms with E-state index >= 15 is 0 Å². The lowest BCUT2D eigenvalue weighted by atomic mass is 9.95. The van der Waals surface area contributed by atoms with E-state index in [4.69, 9.17) is 25.8 Å². The number of carbonyl (C=O) groups is 1. The number of aromatic nitrogens is 1. The zero-order valence-electron chi connectivity index (χ0n) is 22.2. The molecule has 9 heteroatoms. The number of hydrogen-bond acceptors (Lipinski definition) is 7. The van der Waals surface area contributed by atoms with Crippen LogP contribution in [0.15, 0.2) is 75.7 Å². The molecule has 5 rings (SSSR count). The fourth-order valence-corrected chi connectivity index (χ4v) is 6.03. The van der Waals surface area contributed by atoms with E-state index in [0.29, 0.717) is 37.1 Å². The number of hydrogen-bond donors (Lipinski definition) is 0. The molecule has 1 aliphatic rings. The molecule has 0 fully saturated rings. The lowest BCUT2D eigenvalue weighted by Gasteiger charge is -2.25. The van der Waals surface area contributed by atoms with E-state index in [1.54, 1.807) is 25.1 Å². The van der Waals surface area contributed by atoms with E-state index in [0.717, 1.165) is 16.3 Å². The van der Waals surface area contributed by atoms with Gasteiger partial charge in [0.05, 0.1) is 36.1 Å². The zero-order chi connectivity index (χ0) is 27.8. The Bertz CT molecular complexity index is 1820. The topological polar surface area (TPSA) is 79.1 Å². The van der Waals surface area contributed by atoms with E-state index in [-0.39, 0.29) is 17.2 Å². The van der Waals surface area contributed by atoms with Gasteiger partial charge in [-0.2, -0.15) is 0 Å². The number of nitrogens with zero attached hydrogens (tertiary/aromatic N) is 2. The quantitative estimate of drug-likeness (QED) is 0.309. The average molecular weight is 563 g/mol. The second-order valence-electron chi connectivity index (χ2n) is 9.32. The van der Waals surface area contributed by atoms with E-state index in [9.17, 15) is 9.59 Å². The summed E-state index contributed by atoms with van der Waals surface area (Å²) in [6.07, 6.45) is 1.79. The molecule has 0 bridgehead atoms. The minimum atomic E-state index is -0.844. The van der Waals surface area contributed by atoms with Crippen LogP contribution in [0.1, 0.15) is 37.9 Å². The Labute approximate surface area is 234 Å². The number of rotatable bonds is 6. The summed E-state index contributed by atoms with van der Waals surface area (Å²) in [5.41, 5.74) is 1.75. The molecule has 0 amide bonds. The molecule has 3 aromatic carbocycles. The third-order valence-corrected chi connectivity index (χ3v) is 7.70. The summed E-state index contributed by atoms with van der Waals surface area (Å²) in [5, 5.41) is 2.43. The van der Waals surface area contributed by atoms with Crippen LogP contribution in [0, 0.1) is 0 Å². The second-order valence-corrected chi connectivity index (χ2v) is 10.8. The summed E-state index contributed by atoms with van der Waals surface area (Å²) in [6, 6.07) is 16.1. The third kappa shape index (κ3) is 4.86. The molecule has 0 aliphatic carbocycles. The van der Waals surface area contributed by atoms with Crippen molar-refractivity contribution in [3.8, 4) is 11.5 Å². The molecule has 0 unspecified atom stereocenters. The van der Waals surface area contributed by atoms with Gasteiger partial charge in [-0.05, 0) is 61.9 Å². The van der Waals surface area contributed by atoms with E-state index < -0.39 is 12.0 Å². The molecule has 0 N–H and O–H groups in total. The van der Waals surface area contributed by atoms with Crippen LogP contribution in [0.2, 0.25) is 5.02 Å². The predicted octanol–water partition coefficient (Wildman–Crippen LogP) is 5.01. The van der Waals surface area contributed by atoms with Crippen LogP contribution < -0.4 is 24.4 Å². The van der Waals surface area contributed by atoms with Crippen LogP contribution in [-0.2, 0) is 9.53 Å². The second kappa shape index (κ2) is 10.7. The van der Waals surface area contributed by atoms with Crippen molar-refractivity contribution in [1.29, 1.82) is 0 Å². The van der Waals surface area contributed by atoms with Gasteiger partial charge in [0.1, 0.15) is 17.5 Å². The maximum Gasteiger partial charge on any atom is 0.338 e. The Balaban J connectivity index is 1.82. The van der Waals surface area contributed by atoms with Crippen LogP contribution in [-0.4, -0.2) is 30.9 Å². The fraction of sp³-hybridized carbons (Fsp3) is 0.233. The fourth-order valence-electron chi connectivity index (χ4n) is 4.82. The molecule has 0 spiro atoms. The normalized spacial score (nSPS) is 15.4. The summed E-state index contributed by atoms with van der Waals surface area (Å²) in [4.78, 5) is 32.2. The van der Waals surface area contributed by atoms with Gasteiger partial charge in [-0.1, -0.05) is 53.3 Å². The highest BCUT2D eigenvalue weighted by atomic mass is 35.5. The highest BCUT2D eigenvalue weighted by Gasteiger charge is 2.35. The Kier molecular flexibility index (Phi) is 7.34. The van der Waals surface area contributed by atoms with Crippen LogP contribution in [0.3, 0.4) is 0 Å². The number of allylic oxidation sites excluding steroid dienone is 1. The van der Waals surface area contributed by atoms with Crippen molar-refractivity contribution in [3.05, 3.63) is 102 Å². The molecule has 1 aromatic heterocycles. The van der Waals surface area contributed by atoms with Gasteiger partial charge in [0.2, 0.25) is 0 Å². The van der Waals surface area contributed by atoms with Gasteiger partial charge in [0.25, 0.3) is 5.56 Å². The SMILES string of the molecule is COC(=O)C1=C(C)N=c2s/c(=C\c3c(OC(C)C)ccc4ccccc34)c(=O)n2[C@@H]1c1cc(Cl)ccc1OC. The van der Waals surface area contributed by atoms with Crippen molar-refractivity contribution < 1.29 is 19.0 Å². The summed E-state index contributed by atoms with van der Waals surface area (Å²) < 4.78 is 18.8. The number of carbonyl (C=O) groups excluding carboxylic acids is 1. The van der Waals surface area contributed by atoms with Crippen molar-refractivity contribution in [2.45, 2.75) is 32.9 Å². The Morgan fingerprint density at radius 3 is 2.56 bits per heavy atom. The predicted molar refractivity (Wildman–Crippen MR) is 153 cm³/mol. The molecule has 39 heavy (non-hydrogen) atoms. The summed E-state index contributed by atoms with van der Waals surface area (Å²) in [7, 11) is 2.83. The first kappa shape index (κ1) is 26.7. The number of fused-ring (bicyclic) bond motifs is 2. The molecule has 1 atom stereocenters. The number of halogens is 1. The molecular formula is C30H27ClN2O5S. The highest BCUT2D eigenvalue weighted by Crippen LogP contribution is 2.37. The zero-order valence-corrected chi connectivity index (χ0v) is 23.7. The Hall–Kier alpha value is -3.88. The Morgan fingerprint density at radius 1 is 1.10 bits per heavy atom. The van der Waals surface area contributed by atoms with Gasteiger partial charge in [-0.25, -0.2) is 9.79 Å². The molecule has 4 aromatic rings. The van der Waals surface area contributed by atoms with Gasteiger partial charge in [-0.15, -0.1) is 0 Å². The lowest BCUT2D eigenvalue weighted by molar-refractivity contribution is -0.136. The molecule has 2 heterocycles. The third-order valence-electron chi connectivity index (χ3n) is 6.48. The van der Waals surface area contributed by atoms with Crippen LogP contribution in [0.5, 0.6) is 11.5 Å². The number of esters is 1. The summed E-state index contributed by atoms with van der Waals surface area (Å²) in [5.74, 6) is 0.574. The van der Waals surface area contributed by atoms with Gasteiger partial charge in [0.15, 0.2) is 4.80 Å². The largest absolute Gasteiger partial charge is 0.496 e. The average Bonchev–Trinajstić information content (AvgIpc) is 3.22. The maximum atomic E-state index is 14.1. The molecule has 200 valence electrons. The number of methoxy groups -OCH3 is 2. The van der Waals surface area contributed by atoms with Gasteiger partial charge < -0.3 is 14.2 Å². The van der Waals surface area contributed by atoms with Crippen molar-refractivity contribution in [3.63, 3.8) is 0 Å². The summed E-state index contributed by atoms with van der Waals surface area (Å²) in [6.45, 7) is 5.65. The van der Waals surface area contributed by atoms with Crippen molar-refractivity contribution >= 4 is 45.8 Å². The molecule has 0 radical (unpaired) electrons. The van der Waals surface area contributed by atoms with Crippen LogP contribution >= 0.6 is 22.9 Å². The van der Waals surface area contributed by atoms with E-state index in [2.05, 4.69) is 4.99 Å². The smallest absolute Gasteiger partial charge is 0.338 e. The maximum absolute atomic E-state index is 14.1. The standard InChI is InChI=1S/C30H27ClN2O5S/c1-16(2)38-24-12-10-18-8-6-7-9-20(18)21(24)15-25-28(34)33-27(22-14-19(31)11-13-23(22)36-4)26(29(35)37-5)17(3)32-30(33)39-25/h6-16,27H,1-5H3/b25-15-/t27-/m1/s1. The molecule has 0 saturated carbocycles. The highest BCUT2D eigenvalue weighted by molar-refractivity contribution is 7.07. The number of ether oxygens (including phenoxy) is 3. The van der Waals surface area contributed by atoms with Crippen LogP contribution in [0.4, 0.5) is 0 Å². The molecule has 0 saturated heterocycles. The van der Waals surface area contributed by atoms with Gasteiger partial charge in [0, 0.05) is 16.1 Å². The van der Waals surface area contributed by atoms with E-state index in [1.807, 2.05) is 56.3 Å². The van der Waals surface area contributed by atoms with Crippen molar-refractivity contribution in [2.75, 3.05) is 14.2 Å². The van der Waals surface area contributed by atoms with Crippen molar-refractivity contribution in [2.24, 2.45) is 4.99 Å². The molecular weight excluding hydrogens is 536 g/mol. The molecule has 7 nitrogen and oxygen atoms in total. The first-order valence-corrected chi connectivity index (χ1v) is 13.6. The summed E-state index contributed by atoms with van der Waals surface area (Å²) >= 11 is 7.61. The first-order chi connectivity index (χ1) is 18.7. The molecule has 1 aliphatic heterocycles.